The van der Waals surface area contributed by atoms with Crippen molar-refractivity contribution in [1.29, 1.82) is 0 Å². The Labute approximate surface area is 158 Å². The minimum absolute atomic E-state index is 0.278. The average Bonchev–Trinajstić information content (AvgIpc) is 2.56. The summed E-state index contributed by atoms with van der Waals surface area (Å²) in [6.07, 6.45) is 0.759. The van der Waals surface area contributed by atoms with Crippen LogP contribution in [0.25, 0.3) is 0 Å². The van der Waals surface area contributed by atoms with Crippen LogP contribution in [0, 0.1) is 0 Å². The van der Waals surface area contributed by atoms with E-state index in [1.807, 2.05) is 24.3 Å². The number of sulfonamides is 1. The van der Waals surface area contributed by atoms with Gasteiger partial charge in [0.15, 0.2) is 0 Å². The fraction of sp³-hybridized carbons (Fsp3) is 0.294. The summed E-state index contributed by atoms with van der Waals surface area (Å²) in [5.41, 5.74) is -0.154. The molecule has 7 heteroatoms. The SMILES string of the molecule is O=S(=O)(c1ccc(Br)cc1)N1CCC(O)(c2ccc(Br)cc2)CC1. The largest absolute Gasteiger partial charge is 0.385 e. The van der Waals surface area contributed by atoms with Crippen molar-refractivity contribution in [2.45, 2.75) is 23.3 Å². The average molecular weight is 475 g/mol. The molecule has 2 aromatic rings. The number of aliphatic hydroxyl groups is 1. The molecule has 1 aliphatic heterocycles. The van der Waals surface area contributed by atoms with Gasteiger partial charge in [-0.1, -0.05) is 44.0 Å². The number of piperidine rings is 1. The lowest BCUT2D eigenvalue weighted by atomic mass is 9.85. The Morgan fingerprint density at radius 3 is 1.83 bits per heavy atom. The molecule has 2 aromatic carbocycles. The topological polar surface area (TPSA) is 57.6 Å². The summed E-state index contributed by atoms with van der Waals surface area (Å²) >= 11 is 6.69. The summed E-state index contributed by atoms with van der Waals surface area (Å²) < 4.78 is 28.7. The van der Waals surface area contributed by atoms with Gasteiger partial charge in [-0.15, -0.1) is 0 Å². The lowest BCUT2D eigenvalue weighted by molar-refractivity contribution is -0.00962. The second-order valence-corrected chi connectivity index (χ2v) is 9.67. The van der Waals surface area contributed by atoms with Crippen molar-refractivity contribution in [2.24, 2.45) is 0 Å². The van der Waals surface area contributed by atoms with Crippen molar-refractivity contribution in [2.75, 3.05) is 13.1 Å². The molecule has 0 aromatic heterocycles. The molecule has 0 bridgehead atoms. The van der Waals surface area contributed by atoms with E-state index < -0.39 is 15.6 Å². The lowest BCUT2D eigenvalue weighted by Gasteiger charge is -2.37. The third-order valence-corrected chi connectivity index (χ3v) is 7.35. The van der Waals surface area contributed by atoms with E-state index in [-0.39, 0.29) is 4.90 Å². The van der Waals surface area contributed by atoms with Crippen molar-refractivity contribution in [3.05, 3.63) is 63.0 Å². The van der Waals surface area contributed by atoms with Gasteiger partial charge in [0.2, 0.25) is 10.0 Å². The molecule has 0 radical (unpaired) electrons. The van der Waals surface area contributed by atoms with Gasteiger partial charge in [0.05, 0.1) is 10.5 Å². The van der Waals surface area contributed by atoms with E-state index in [4.69, 9.17) is 0 Å². The summed E-state index contributed by atoms with van der Waals surface area (Å²) in [4.78, 5) is 0.278. The molecule has 1 N–H and O–H groups in total. The van der Waals surface area contributed by atoms with E-state index in [2.05, 4.69) is 31.9 Å². The fourth-order valence-electron chi connectivity index (χ4n) is 2.90. The van der Waals surface area contributed by atoms with Gasteiger partial charge < -0.3 is 5.11 Å². The number of hydrogen-bond donors (Lipinski definition) is 1. The van der Waals surface area contributed by atoms with Crippen LogP contribution in [0.3, 0.4) is 0 Å². The second kappa shape index (κ2) is 6.88. The Hall–Kier alpha value is -0.730. The van der Waals surface area contributed by atoms with Crippen molar-refractivity contribution >= 4 is 41.9 Å². The second-order valence-electron chi connectivity index (χ2n) is 5.90. The number of halogens is 2. The minimum Gasteiger partial charge on any atom is -0.385 e. The van der Waals surface area contributed by atoms with Gasteiger partial charge in [-0.2, -0.15) is 4.31 Å². The highest BCUT2D eigenvalue weighted by Crippen LogP contribution is 2.35. The van der Waals surface area contributed by atoms with Crippen molar-refractivity contribution < 1.29 is 13.5 Å². The summed E-state index contributed by atoms with van der Waals surface area (Å²) in [5.74, 6) is 0. The predicted molar refractivity (Wildman–Crippen MR) is 100 cm³/mol. The molecule has 0 saturated carbocycles. The first kappa shape index (κ1) is 18.1. The number of rotatable bonds is 3. The maximum Gasteiger partial charge on any atom is 0.243 e. The zero-order chi connectivity index (χ0) is 17.4. The maximum atomic E-state index is 12.7. The number of hydrogen-bond acceptors (Lipinski definition) is 3. The van der Waals surface area contributed by atoms with Crippen LogP contribution in [0.2, 0.25) is 0 Å². The molecule has 0 aliphatic carbocycles. The molecule has 1 heterocycles. The van der Waals surface area contributed by atoms with Crippen molar-refractivity contribution in [3.8, 4) is 0 Å². The first-order valence-electron chi connectivity index (χ1n) is 7.55. The molecule has 0 amide bonds. The van der Waals surface area contributed by atoms with E-state index in [1.165, 1.54) is 4.31 Å². The Morgan fingerprint density at radius 2 is 1.33 bits per heavy atom. The minimum atomic E-state index is -3.52. The van der Waals surface area contributed by atoms with Crippen LogP contribution in [-0.2, 0) is 15.6 Å². The lowest BCUT2D eigenvalue weighted by Crippen LogP contribution is -2.45. The summed E-state index contributed by atoms with van der Waals surface area (Å²) in [6.45, 7) is 0.593. The molecular formula is C17H17Br2NO3S. The third-order valence-electron chi connectivity index (χ3n) is 4.38. The van der Waals surface area contributed by atoms with Crippen LogP contribution in [0.1, 0.15) is 18.4 Å². The van der Waals surface area contributed by atoms with E-state index in [9.17, 15) is 13.5 Å². The van der Waals surface area contributed by atoms with Crippen LogP contribution < -0.4 is 0 Å². The quantitative estimate of drug-likeness (QED) is 0.734. The van der Waals surface area contributed by atoms with Gasteiger partial charge in [-0.3, -0.25) is 0 Å². The van der Waals surface area contributed by atoms with Crippen LogP contribution in [0.15, 0.2) is 62.4 Å². The highest BCUT2D eigenvalue weighted by molar-refractivity contribution is 9.10. The zero-order valence-corrected chi connectivity index (χ0v) is 16.8. The number of benzene rings is 2. The van der Waals surface area contributed by atoms with Gasteiger partial charge in [0, 0.05) is 22.0 Å². The van der Waals surface area contributed by atoms with Crippen molar-refractivity contribution in [1.82, 2.24) is 4.31 Å². The fourth-order valence-corrected chi connectivity index (χ4v) is 4.87. The molecule has 1 saturated heterocycles. The molecule has 3 rings (SSSR count). The Balaban J connectivity index is 1.76. The first-order chi connectivity index (χ1) is 11.3. The highest BCUT2D eigenvalue weighted by atomic mass is 79.9. The molecule has 1 fully saturated rings. The van der Waals surface area contributed by atoms with E-state index in [0.29, 0.717) is 25.9 Å². The van der Waals surface area contributed by atoms with Crippen LogP contribution in [0.5, 0.6) is 0 Å². The van der Waals surface area contributed by atoms with Gasteiger partial charge in [-0.05, 0) is 54.8 Å². The van der Waals surface area contributed by atoms with Crippen LogP contribution in [-0.4, -0.2) is 30.9 Å². The Bertz CT molecular complexity index is 812. The van der Waals surface area contributed by atoms with Gasteiger partial charge >= 0.3 is 0 Å². The van der Waals surface area contributed by atoms with Gasteiger partial charge in [0.1, 0.15) is 0 Å². The van der Waals surface area contributed by atoms with Crippen LogP contribution >= 0.6 is 31.9 Å². The molecule has 24 heavy (non-hydrogen) atoms. The molecular weight excluding hydrogens is 458 g/mol. The Morgan fingerprint density at radius 1 is 0.875 bits per heavy atom. The monoisotopic (exact) mass is 473 g/mol. The number of nitrogens with zero attached hydrogens (tertiary/aromatic N) is 1. The highest BCUT2D eigenvalue weighted by Gasteiger charge is 2.38. The molecule has 1 aliphatic rings. The third kappa shape index (κ3) is 3.60. The standard InChI is InChI=1S/C17H17Br2NO3S/c18-14-3-1-13(2-4-14)17(21)9-11-20(12-10-17)24(22,23)16-7-5-15(19)6-8-16/h1-8,21H,9-12H2. The molecule has 4 nitrogen and oxygen atoms in total. The zero-order valence-electron chi connectivity index (χ0n) is 12.8. The normalized spacial score (nSPS) is 18.5. The van der Waals surface area contributed by atoms with Crippen LogP contribution in [0.4, 0.5) is 0 Å². The predicted octanol–water partition coefficient (Wildman–Crippen LogP) is 3.88. The van der Waals surface area contributed by atoms with Crippen molar-refractivity contribution in [3.63, 3.8) is 0 Å². The van der Waals surface area contributed by atoms with E-state index in [0.717, 1.165) is 14.5 Å². The smallest absolute Gasteiger partial charge is 0.243 e. The molecule has 0 unspecified atom stereocenters. The van der Waals surface area contributed by atoms with E-state index >= 15 is 0 Å². The summed E-state index contributed by atoms with van der Waals surface area (Å²) in [5, 5.41) is 10.9. The maximum absolute atomic E-state index is 12.7. The summed E-state index contributed by atoms with van der Waals surface area (Å²) in [7, 11) is -3.52. The summed E-state index contributed by atoms with van der Waals surface area (Å²) in [6, 6.07) is 14.1. The van der Waals surface area contributed by atoms with E-state index in [1.54, 1.807) is 24.3 Å². The Kier molecular flexibility index (Phi) is 5.18. The first-order valence-corrected chi connectivity index (χ1v) is 10.6. The van der Waals surface area contributed by atoms with Gasteiger partial charge in [0.25, 0.3) is 0 Å². The van der Waals surface area contributed by atoms with Gasteiger partial charge in [-0.25, -0.2) is 8.42 Å². The molecule has 128 valence electrons. The molecule has 0 spiro atoms. The molecule has 0 atom stereocenters.